The Labute approximate surface area is 118 Å². The summed E-state index contributed by atoms with van der Waals surface area (Å²) >= 11 is 0. The van der Waals surface area contributed by atoms with Crippen molar-refractivity contribution in [1.29, 1.82) is 0 Å². The van der Waals surface area contributed by atoms with Crippen LogP contribution in [-0.2, 0) is 0 Å². The zero-order valence-corrected chi connectivity index (χ0v) is 12.8. The van der Waals surface area contributed by atoms with Gasteiger partial charge in [0.15, 0.2) is 0 Å². The van der Waals surface area contributed by atoms with Gasteiger partial charge in [-0.1, -0.05) is 12.8 Å². The largest absolute Gasteiger partial charge is 0.329 e. The predicted octanol–water partition coefficient (Wildman–Crippen LogP) is 1.92. The number of likely N-dealkylation sites (N-methyl/N-ethyl adjacent to an activating group) is 1. The summed E-state index contributed by atoms with van der Waals surface area (Å²) in [5.41, 5.74) is 6.61. The molecule has 0 spiro atoms. The molecule has 2 aliphatic carbocycles. The molecule has 0 aromatic rings. The van der Waals surface area contributed by atoms with Gasteiger partial charge >= 0.3 is 0 Å². The molecule has 19 heavy (non-hydrogen) atoms. The van der Waals surface area contributed by atoms with E-state index in [9.17, 15) is 0 Å². The number of rotatable bonds is 3. The second kappa shape index (κ2) is 5.34. The molecule has 0 amide bonds. The van der Waals surface area contributed by atoms with E-state index in [1.807, 2.05) is 0 Å². The van der Waals surface area contributed by atoms with E-state index in [1.54, 1.807) is 0 Å². The molecule has 1 heterocycles. The highest BCUT2D eigenvalue weighted by Crippen LogP contribution is 2.48. The lowest BCUT2D eigenvalue weighted by molar-refractivity contribution is -0.0172. The summed E-state index contributed by atoms with van der Waals surface area (Å²) in [6, 6.07) is 0.679. The van der Waals surface area contributed by atoms with Crippen LogP contribution in [0, 0.1) is 11.8 Å². The Balaban J connectivity index is 1.70. The molecule has 2 N–H and O–H groups in total. The Hall–Kier alpha value is -0.120. The van der Waals surface area contributed by atoms with Crippen molar-refractivity contribution < 1.29 is 0 Å². The van der Waals surface area contributed by atoms with Crippen molar-refractivity contribution >= 4 is 0 Å². The van der Waals surface area contributed by atoms with Gasteiger partial charge in [-0.2, -0.15) is 0 Å². The third-order valence-electron chi connectivity index (χ3n) is 6.16. The van der Waals surface area contributed by atoms with E-state index in [2.05, 4.69) is 23.8 Å². The lowest BCUT2D eigenvalue weighted by Gasteiger charge is -2.52. The molecule has 3 rings (SSSR count). The average molecular weight is 265 g/mol. The van der Waals surface area contributed by atoms with E-state index in [-0.39, 0.29) is 0 Å². The van der Waals surface area contributed by atoms with Crippen LogP contribution in [-0.4, -0.2) is 54.6 Å². The summed E-state index contributed by atoms with van der Waals surface area (Å²) in [6.45, 7) is 6.86. The van der Waals surface area contributed by atoms with Crippen molar-refractivity contribution in [3.8, 4) is 0 Å². The maximum absolute atomic E-state index is 6.28. The second-order valence-corrected chi connectivity index (χ2v) is 7.40. The molecule has 0 aromatic heterocycles. The first-order chi connectivity index (χ1) is 9.14. The average Bonchev–Trinajstić information content (AvgIpc) is 3.26. The topological polar surface area (TPSA) is 32.5 Å². The van der Waals surface area contributed by atoms with Gasteiger partial charge < -0.3 is 10.6 Å². The summed E-state index contributed by atoms with van der Waals surface area (Å²) in [5, 5.41) is 0. The molecule has 2 saturated carbocycles. The first-order valence-corrected chi connectivity index (χ1v) is 8.30. The van der Waals surface area contributed by atoms with Crippen LogP contribution in [0.2, 0.25) is 0 Å². The predicted molar refractivity (Wildman–Crippen MR) is 80.1 cm³/mol. The monoisotopic (exact) mass is 265 g/mol. The SMILES string of the molecule is CC1CN(C2(CN)CCCC(C3CC3)C2)CCN1C. The highest BCUT2D eigenvalue weighted by Gasteiger charge is 2.45. The zero-order valence-electron chi connectivity index (χ0n) is 12.8. The van der Waals surface area contributed by atoms with Gasteiger partial charge in [-0.15, -0.1) is 0 Å². The minimum atomic E-state index is 0.334. The number of nitrogens with zero attached hydrogens (tertiary/aromatic N) is 2. The molecule has 0 aromatic carbocycles. The quantitative estimate of drug-likeness (QED) is 0.846. The maximum Gasteiger partial charge on any atom is 0.0335 e. The second-order valence-electron chi connectivity index (χ2n) is 7.40. The highest BCUT2D eigenvalue weighted by molar-refractivity contribution is 5.01. The van der Waals surface area contributed by atoms with Crippen LogP contribution in [0.5, 0.6) is 0 Å². The van der Waals surface area contributed by atoms with Gasteiger partial charge in [0, 0.05) is 37.8 Å². The minimum Gasteiger partial charge on any atom is -0.329 e. The third kappa shape index (κ3) is 2.70. The van der Waals surface area contributed by atoms with Gasteiger partial charge in [-0.3, -0.25) is 4.90 Å². The smallest absolute Gasteiger partial charge is 0.0335 e. The van der Waals surface area contributed by atoms with Crippen LogP contribution in [0.15, 0.2) is 0 Å². The van der Waals surface area contributed by atoms with E-state index in [0.29, 0.717) is 11.6 Å². The standard InChI is InChI=1S/C16H31N3/c1-13-11-19(9-8-18(13)2)16(12-17)7-3-4-15(10-16)14-5-6-14/h13-15H,3-12,17H2,1-2H3. The molecule has 3 aliphatic rings. The number of nitrogens with two attached hydrogens (primary N) is 1. The Morgan fingerprint density at radius 2 is 1.95 bits per heavy atom. The van der Waals surface area contributed by atoms with Crippen LogP contribution >= 0.6 is 0 Å². The van der Waals surface area contributed by atoms with Crippen LogP contribution in [0.1, 0.15) is 45.4 Å². The fourth-order valence-electron chi connectivity index (χ4n) is 4.44. The fraction of sp³-hybridized carbons (Fsp3) is 1.00. The Bertz CT molecular complexity index is 315. The van der Waals surface area contributed by atoms with Gasteiger partial charge in [0.05, 0.1) is 0 Å². The van der Waals surface area contributed by atoms with Gasteiger partial charge in [0.25, 0.3) is 0 Å². The summed E-state index contributed by atoms with van der Waals surface area (Å²) in [7, 11) is 2.25. The Morgan fingerprint density at radius 1 is 1.16 bits per heavy atom. The van der Waals surface area contributed by atoms with E-state index in [4.69, 9.17) is 5.73 Å². The fourth-order valence-corrected chi connectivity index (χ4v) is 4.44. The van der Waals surface area contributed by atoms with Crippen molar-refractivity contribution in [2.45, 2.75) is 57.0 Å². The molecule has 3 nitrogen and oxygen atoms in total. The van der Waals surface area contributed by atoms with Crippen molar-refractivity contribution in [2.24, 2.45) is 17.6 Å². The molecular formula is C16H31N3. The van der Waals surface area contributed by atoms with E-state index < -0.39 is 0 Å². The van der Waals surface area contributed by atoms with Gasteiger partial charge in [-0.05, 0) is 51.5 Å². The van der Waals surface area contributed by atoms with Crippen molar-refractivity contribution in [3.05, 3.63) is 0 Å². The maximum atomic E-state index is 6.28. The van der Waals surface area contributed by atoms with Crippen LogP contribution in [0.3, 0.4) is 0 Å². The van der Waals surface area contributed by atoms with Gasteiger partial charge in [-0.25, -0.2) is 0 Å². The molecule has 1 saturated heterocycles. The van der Waals surface area contributed by atoms with E-state index in [1.165, 1.54) is 58.2 Å². The molecule has 110 valence electrons. The summed E-state index contributed by atoms with van der Waals surface area (Å²) < 4.78 is 0. The zero-order chi connectivity index (χ0) is 13.5. The number of piperazine rings is 1. The molecule has 0 bridgehead atoms. The van der Waals surface area contributed by atoms with E-state index >= 15 is 0 Å². The first-order valence-electron chi connectivity index (χ1n) is 8.30. The van der Waals surface area contributed by atoms with Crippen LogP contribution in [0.4, 0.5) is 0 Å². The first kappa shape index (κ1) is 13.8. The molecular weight excluding hydrogens is 234 g/mol. The lowest BCUT2D eigenvalue weighted by atomic mass is 9.72. The summed E-state index contributed by atoms with van der Waals surface area (Å²) in [4.78, 5) is 5.24. The van der Waals surface area contributed by atoms with Gasteiger partial charge in [0.2, 0.25) is 0 Å². The van der Waals surface area contributed by atoms with Crippen molar-refractivity contribution in [1.82, 2.24) is 9.80 Å². The van der Waals surface area contributed by atoms with E-state index in [0.717, 1.165) is 18.4 Å². The molecule has 3 atom stereocenters. The van der Waals surface area contributed by atoms with Gasteiger partial charge in [0.1, 0.15) is 0 Å². The minimum absolute atomic E-state index is 0.334. The van der Waals surface area contributed by atoms with Crippen LogP contribution < -0.4 is 5.73 Å². The highest BCUT2D eigenvalue weighted by atomic mass is 15.3. The normalized spacial score (nSPS) is 42.5. The molecule has 3 heteroatoms. The molecule has 3 unspecified atom stereocenters. The Morgan fingerprint density at radius 3 is 2.58 bits per heavy atom. The van der Waals surface area contributed by atoms with Crippen molar-refractivity contribution in [3.63, 3.8) is 0 Å². The van der Waals surface area contributed by atoms with Crippen molar-refractivity contribution in [2.75, 3.05) is 33.2 Å². The van der Waals surface area contributed by atoms with Crippen LogP contribution in [0.25, 0.3) is 0 Å². The Kier molecular flexibility index (Phi) is 3.89. The number of hydrogen-bond acceptors (Lipinski definition) is 3. The molecule has 1 aliphatic heterocycles. The number of hydrogen-bond donors (Lipinski definition) is 1. The third-order valence-corrected chi connectivity index (χ3v) is 6.16. The lowest BCUT2D eigenvalue weighted by Crippen LogP contribution is -2.63. The molecule has 0 radical (unpaired) electrons. The summed E-state index contributed by atoms with van der Waals surface area (Å²) in [5.74, 6) is 2.03. The summed E-state index contributed by atoms with van der Waals surface area (Å²) in [6.07, 6.45) is 8.57. The molecule has 3 fully saturated rings.